The lowest BCUT2D eigenvalue weighted by atomic mass is 9.79. The number of Topliss-reactive ketones (excluding diaryl/α,β-unsaturated/α-hetero) is 1. The van der Waals surface area contributed by atoms with Crippen LogP contribution in [0, 0.1) is 0 Å². The standard InChI is InChI=1S/C26H26N2O3/c1-2-13-30-19-11-9-17(10-12-19)18-15-22-25(23(29)16-18)26(24-8-5-14-31-24)28-21-7-4-3-6-20(21)27-22/h3-12,14,18,26-28H,2,13,15-16H2,1H3. The topological polar surface area (TPSA) is 63.5 Å². The smallest absolute Gasteiger partial charge is 0.163 e. The van der Waals surface area contributed by atoms with Gasteiger partial charge in [-0.1, -0.05) is 31.2 Å². The highest BCUT2D eigenvalue weighted by molar-refractivity contribution is 6.01. The van der Waals surface area contributed by atoms with Gasteiger partial charge < -0.3 is 19.8 Å². The zero-order valence-electron chi connectivity index (χ0n) is 17.6. The lowest BCUT2D eigenvalue weighted by Crippen LogP contribution is -2.26. The van der Waals surface area contributed by atoms with Crippen molar-refractivity contribution in [3.8, 4) is 5.75 Å². The molecule has 0 saturated carbocycles. The Kier molecular flexibility index (Phi) is 5.24. The number of furan rings is 1. The molecule has 31 heavy (non-hydrogen) atoms. The first kappa shape index (κ1) is 19.5. The summed E-state index contributed by atoms with van der Waals surface area (Å²) in [5, 5.41) is 7.07. The first-order valence-corrected chi connectivity index (χ1v) is 10.9. The van der Waals surface area contributed by atoms with Gasteiger partial charge in [-0.3, -0.25) is 4.79 Å². The summed E-state index contributed by atoms with van der Waals surface area (Å²) in [7, 11) is 0. The molecule has 0 amide bonds. The number of fused-ring (bicyclic) bond motifs is 1. The van der Waals surface area contributed by atoms with Crippen LogP contribution in [0.5, 0.6) is 5.75 Å². The predicted molar refractivity (Wildman–Crippen MR) is 121 cm³/mol. The summed E-state index contributed by atoms with van der Waals surface area (Å²) in [5.74, 6) is 1.89. The molecule has 5 heteroatoms. The van der Waals surface area contributed by atoms with Gasteiger partial charge >= 0.3 is 0 Å². The van der Waals surface area contributed by atoms with Crippen LogP contribution in [0.3, 0.4) is 0 Å². The molecule has 5 nitrogen and oxygen atoms in total. The number of anilines is 2. The Labute approximate surface area is 182 Å². The van der Waals surface area contributed by atoms with Crippen LogP contribution in [0.1, 0.15) is 49.5 Å². The molecule has 0 spiro atoms. The second-order valence-corrected chi connectivity index (χ2v) is 8.10. The molecule has 1 aliphatic heterocycles. The molecule has 2 atom stereocenters. The molecule has 5 rings (SSSR count). The number of ketones is 1. The fourth-order valence-corrected chi connectivity index (χ4v) is 4.45. The molecule has 2 aliphatic rings. The van der Waals surface area contributed by atoms with Crippen LogP contribution in [0.4, 0.5) is 11.4 Å². The third-order valence-corrected chi connectivity index (χ3v) is 5.96. The van der Waals surface area contributed by atoms with E-state index in [9.17, 15) is 4.79 Å². The summed E-state index contributed by atoms with van der Waals surface area (Å²) in [6.07, 6.45) is 3.88. The highest BCUT2D eigenvalue weighted by atomic mass is 16.5. The normalized spacial score (nSPS) is 20.2. The minimum atomic E-state index is -0.306. The molecular weight excluding hydrogens is 388 g/mol. The molecule has 0 radical (unpaired) electrons. The SMILES string of the molecule is CCCOc1ccc(C2CC(=O)C3=C(C2)Nc2ccccc2NC3c2ccco2)cc1. The van der Waals surface area contributed by atoms with E-state index in [1.807, 2.05) is 48.5 Å². The average Bonchev–Trinajstić information content (AvgIpc) is 3.27. The number of ether oxygens (including phenoxy) is 1. The fourth-order valence-electron chi connectivity index (χ4n) is 4.45. The molecule has 0 saturated heterocycles. The third-order valence-electron chi connectivity index (χ3n) is 5.96. The highest BCUT2D eigenvalue weighted by Gasteiger charge is 2.37. The Bertz CT molecular complexity index is 1100. The minimum Gasteiger partial charge on any atom is -0.494 e. The molecule has 1 aromatic heterocycles. The maximum atomic E-state index is 13.4. The van der Waals surface area contributed by atoms with E-state index in [0.717, 1.165) is 52.6 Å². The number of allylic oxidation sites excluding steroid dienone is 1. The Hall–Kier alpha value is -3.47. The van der Waals surface area contributed by atoms with Gasteiger partial charge in [-0.2, -0.15) is 0 Å². The van der Waals surface area contributed by atoms with Gasteiger partial charge in [0.15, 0.2) is 5.78 Å². The van der Waals surface area contributed by atoms with Crippen molar-refractivity contribution in [3.05, 3.63) is 89.5 Å². The summed E-state index contributed by atoms with van der Waals surface area (Å²) in [4.78, 5) is 13.4. The monoisotopic (exact) mass is 414 g/mol. The first-order chi connectivity index (χ1) is 15.2. The maximum Gasteiger partial charge on any atom is 0.163 e. The van der Waals surface area contributed by atoms with Gasteiger partial charge in [0, 0.05) is 17.7 Å². The fraction of sp³-hybridized carbons (Fsp3) is 0.269. The summed E-state index contributed by atoms with van der Waals surface area (Å²) < 4.78 is 11.4. The number of hydrogen-bond donors (Lipinski definition) is 2. The molecule has 2 N–H and O–H groups in total. The molecule has 0 bridgehead atoms. The summed E-state index contributed by atoms with van der Waals surface area (Å²) in [5.41, 5.74) is 4.82. The van der Waals surface area contributed by atoms with E-state index in [1.54, 1.807) is 6.26 Å². The van der Waals surface area contributed by atoms with Crippen molar-refractivity contribution >= 4 is 17.2 Å². The molecule has 3 aromatic rings. The molecule has 0 fully saturated rings. The van der Waals surface area contributed by atoms with E-state index >= 15 is 0 Å². The van der Waals surface area contributed by atoms with Crippen molar-refractivity contribution in [3.63, 3.8) is 0 Å². The maximum absolute atomic E-state index is 13.4. The lowest BCUT2D eigenvalue weighted by molar-refractivity contribution is -0.116. The molecular formula is C26H26N2O3. The second kappa shape index (κ2) is 8.34. The van der Waals surface area contributed by atoms with Crippen LogP contribution in [0.15, 0.2) is 82.6 Å². The van der Waals surface area contributed by atoms with Gasteiger partial charge in [0.1, 0.15) is 17.6 Å². The van der Waals surface area contributed by atoms with Crippen LogP contribution in [-0.4, -0.2) is 12.4 Å². The molecule has 158 valence electrons. The van der Waals surface area contributed by atoms with Crippen molar-refractivity contribution < 1.29 is 13.9 Å². The number of carbonyl (C=O) groups excluding carboxylic acids is 1. The van der Waals surface area contributed by atoms with Crippen LogP contribution in [0.25, 0.3) is 0 Å². The van der Waals surface area contributed by atoms with Crippen molar-refractivity contribution in [1.82, 2.24) is 0 Å². The number of para-hydroxylation sites is 2. The highest BCUT2D eigenvalue weighted by Crippen LogP contribution is 2.44. The van der Waals surface area contributed by atoms with Gasteiger partial charge in [0.05, 0.1) is 24.2 Å². The third kappa shape index (κ3) is 3.83. The number of nitrogens with one attached hydrogen (secondary N) is 2. The zero-order valence-corrected chi connectivity index (χ0v) is 17.6. The largest absolute Gasteiger partial charge is 0.494 e. The van der Waals surface area contributed by atoms with Crippen molar-refractivity contribution in [2.75, 3.05) is 17.2 Å². The van der Waals surface area contributed by atoms with E-state index in [-0.39, 0.29) is 17.7 Å². The second-order valence-electron chi connectivity index (χ2n) is 8.10. The predicted octanol–water partition coefficient (Wildman–Crippen LogP) is 6.05. The zero-order chi connectivity index (χ0) is 21.2. The minimum absolute atomic E-state index is 0.126. The number of hydrogen-bond acceptors (Lipinski definition) is 5. The van der Waals surface area contributed by atoms with E-state index in [2.05, 4.69) is 29.7 Å². The number of rotatable bonds is 5. The quantitative estimate of drug-likeness (QED) is 0.532. The Balaban J connectivity index is 1.49. The van der Waals surface area contributed by atoms with E-state index in [1.165, 1.54) is 0 Å². The van der Waals surface area contributed by atoms with Gasteiger partial charge in [-0.15, -0.1) is 0 Å². The van der Waals surface area contributed by atoms with E-state index < -0.39 is 0 Å². The lowest BCUT2D eigenvalue weighted by Gasteiger charge is -2.29. The van der Waals surface area contributed by atoms with Crippen molar-refractivity contribution in [2.24, 2.45) is 0 Å². The van der Waals surface area contributed by atoms with Crippen molar-refractivity contribution in [2.45, 2.75) is 38.1 Å². The van der Waals surface area contributed by atoms with Crippen LogP contribution < -0.4 is 15.4 Å². The average molecular weight is 415 g/mol. The molecule has 2 unspecified atom stereocenters. The molecule has 2 heterocycles. The molecule has 1 aliphatic carbocycles. The molecule has 2 aromatic carbocycles. The number of carbonyl (C=O) groups is 1. The van der Waals surface area contributed by atoms with Gasteiger partial charge in [-0.25, -0.2) is 0 Å². The summed E-state index contributed by atoms with van der Waals surface area (Å²) in [6, 6.07) is 19.7. The van der Waals surface area contributed by atoms with Crippen LogP contribution >= 0.6 is 0 Å². The van der Waals surface area contributed by atoms with Gasteiger partial charge in [0.25, 0.3) is 0 Å². The van der Waals surface area contributed by atoms with Crippen molar-refractivity contribution in [1.29, 1.82) is 0 Å². The summed E-state index contributed by atoms with van der Waals surface area (Å²) in [6.45, 7) is 2.80. The first-order valence-electron chi connectivity index (χ1n) is 10.9. The Morgan fingerprint density at radius 2 is 1.81 bits per heavy atom. The van der Waals surface area contributed by atoms with Gasteiger partial charge in [-0.05, 0) is 60.7 Å². The van der Waals surface area contributed by atoms with E-state index in [0.29, 0.717) is 13.0 Å². The van der Waals surface area contributed by atoms with E-state index in [4.69, 9.17) is 9.15 Å². The van der Waals surface area contributed by atoms with Crippen LogP contribution in [-0.2, 0) is 4.79 Å². The van der Waals surface area contributed by atoms with Gasteiger partial charge in [0.2, 0.25) is 0 Å². The Morgan fingerprint density at radius 1 is 1.00 bits per heavy atom. The van der Waals surface area contributed by atoms with Crippen LogP contribution in [0.2, 0.25) is 0 Å². The Morgan fingerprint density at radius 3 is 2.55 bits per heavy atom. The summed E-state index contributed by atoms with van der Waals surface area (Å²) >= 11 is 0. The number of benzene rings is 2.